The van der Waals surface area contributed by atoms with Crippen LogP contribution in [0.25, 0.3) is 0 Å². The summed E-state index contributed by atoms with van der Waals surface area (Å²) in [7, 11) is 1.69. The van der Waals surface area contributed by atoms with Crippen molar-refractivity contribution in [2.45, 2.75) is 25.0 Å². The van der Waals surface area contributed by atoms with Gasteiger partial charge < -0.3 is 15.2 Å². The van der Waals surface area contributed by atoms with Gasteiger partial charge in [-0.3, -0.25) is 19.7 Å². The van der Waals surface area contributed by atoms with Crippen LogP contribution in [0.4, 0.5) is 15.8 Å². The van der Waals surface area contributed by atoms with E-state index >= 15 is 0 Å². The van der Waals surface area contributed by atoms with Crippen LogP contribution in [0, 0.1) is 22.9 Å². The van der Waals surface area contributed by atoms with Gasteiger partial charge in [0.25, 0.3) is 11.6 Å². The molecule has 0 aliphatic heterocycles. The zero-order chi connectivity index (χ0) is 24.1. The minimum Gasteiger partial charge on any atom is -0.342 e. The van der Waals surface area contributed by atoms with E-state index in [0.717, 1.165) is 11.8 Å². The number of amides is 2. The van der Waals surface area contributed by atoms with Crippen molar-refractivity contribution in [1.82, 2.24) is 20.1 Å². The van der Waals surface area contributed by atoms with Gasteiger partial charge >= 0.3 is 0 Å². The van der Waals surface area contributed by atoms with Gasteiger partial charge in [0.05, 0.1) is 28.0 Å². The van der Waals surface area contributed by atoms with E-state index in [4.69, 9.17) is 0 Å². The molecule has 0 unspecified atom stereocenters. The highest BCUT2D eigenvalue weighted by Gasteiger charge is 2.20. The standard InChI is InChI=1S/C21H21FN6O4S/c1-12-8-9-14(28(31)32)10-17(12)24-18(29)11-33-21-26-25-19(27(21)3)13(2)23-20(30)15-6-4-5-7-16(15)22/h4-10,13H,11H2,1-3H3,(H,23,30)(H,24,29)/t13-/m0/s1. The molecule has 12 heteroatoms. The molecule has 1 aromatic heterocycles. The van der Waals surface area contributed by atoms with Crippen LogP contribution >= 0.6 is 11.8 Å². The molecule has 0 fully saturated rings. The fourth-order valence-corrected chi connectivity index (χ4v) is 3.71. The Morgan fingerprint density at radius 3 is 2.67 bits per heavy atom. The Morgan fingerprint density at radius 1 is 1.24 bits per heavy atom. The van der Waals surface area contributed by atoms with Crippen molar-refractivity contribution >= 4 is 35.0 Å². The molecule has 0 aliphatic carbocycles. The summed E-state index contributed by atoms with van der Waals surface area (Å²) in [5, 5.41) is 24.8. The molecule has 172 valence electrons. The van der Waals surface area contributed by atoms with Gasteiger partial charge in [0.2, 0.25) is 5.91 Å². The lowest BCUT2D eigenvalue weighted by atomic mass is 10.2. The summed E-state index contributed by atoms with van der Waals surface area (Å²) in [4.78, 5) is 35.1. The summed E-state index contributed by atoms with van der Waals surface area (Å²) < 4.78 is 15.5. The predicted molar refractivity (Wildman–Crippen MR) is 120 cm³/mol. The van der Waals surface area contributed by atoms with Crippen molar-refractivity contribution in [1.29, 1.82) is 0 Å². The average Bonchev–Trinajstić information content (AvgIpc) is 3.14. The van der Waals surface area contributed by atoms with Crippen LogP contribution in [0.3, 0.4) is 0 Å². The summed E-state index contributed by atoms with van der Waals surface area (Å²) in [5.74, 6) is -1.15. The number of hydrogen-bond donors (Lipinski definition) is 2. The van der Waals surface area contributed by atoms with Gasteiger partial charge in [0, 0.05) is 19.2 Å². The Morgan fingerprint density at radius 2 is 1.97 bits per heavy atom. The lowest BCUT2D eigenvalue weighted by molar-refractivity contribution is -0.384. The number of nitrogens with zero attached hydrogens (tertiary/aromatic N) is 4. The van der Waals surface area contributed by atoms with E-state index < -0.39 is 22.7 Å². The first-order valence-electron chi connectivity index (χ1n) is 9.79. The molecule has 2 N–H and O–H groups in total. The summed E-state index contributed by atoms with van der Waals surface area (Å²) in [6.45, 7) is 3.42. The Kier molecular flexibility index (Phi) is 7.38. The van der Waals surface area contributed by atoms with E-state index in [9.17, 15) is 24.1 Å². The number of aromatic nitrogens is 3. The zero-order valence-electron chi connectivity index (χ0n) is 18.0. The number of non-ortho nitro benzene ring substituents is 1. The third kappa shape index (κ3) is 5.71. The number of thioether (sulfide) groups is 1. The number of benzene rings is 2. The molecular weight excluding hydrogens is 451 g/mol. The normalized spacial score (nSPS) is 11.6. The van der Waals surface area contributed by atoms with Gasteiger partial charge in [0.1, 0.15) is 5.82 Å². The third-order valence-corrected chi connectivity index (χ3v) is 5.78. The number of carbonyl (C=O) groups excluding carboxylic acids is 2. The number of anilines is 1. The minimum absolute atomic E-state index is 0.00985. The van der Waals surface area contributed by atoms with Crippen LogP contribution in [0.2, 0.25) is 0 Å². The maximum Gasteiger partial charge on any atom is 0.271 e. The maximum atomic E-state index is 13.8. The van der Waals surface area contributed by atoms with Crippen molar-refractivity contribution in [2.75, 3.05) is 11.1 Å². The van der Waals surface area contributed by atoms with Crippen molar-refractivity contribution in [2.24, 2.45) is 7.05 Å². The first-order valence-corrected chi connectivity index (χ1v) is 10.8. The smallest absolute Gasteiger partial charge is 0.271 e. The van der Waals surface area contributed by atoms with E-state index in [0.29, 0.717) is 22.2 Å². The van der Waals surface area contributed by atoms with Crippen LogP contribution in [0.15, 0.2) is 47.6 Å². The number of aryl methyl sites for hydroxylation is 1. The summed E-state index contributed by atoms with van der Waals surface area (Å²) in [5.41, 5.74) is 0.861. The van der Waals surface area contributed by atoms with Gasteiger partial charge in [0.15, 0.2) is 11.0 Å². The van der Waals surface area contributed by atoms with Crippen molar-refractivity contribution in [3.8, 4) is 0 Å². The van der Waals surface area contributed by atoms with Gasteiger partial charge in [-0.25, -0.2) is 4.39 Å². The molecule has 33 heavy (non-hydrogen) atoms. The molecule has 1 heterocycles. The number of halogens is 1. The molecule has 2 aromatic carbocycles. The molecule has 3 rings (SSSR count). The average molecular weight is 473 g/mol. The Labute approximate surface area is 192 Å². The molecule has 0 spiro atoms. The fraction of sp³-hybridized carbons (Fsp3) is 0.238. The highest BCUT2D eigenvalue weighted by atomic mass is 32.2. The zero-order valence-corrected chi connectivity index (χ0v) is 18.9. The molecule has 3 aromatic rings. The van der Waals surface area contributed by atoms with Crippen LogP contribution in [-0.4, -0.2) is 37.3 Å². The lowest BCUT2D eigenvalue weighted by Gasteiger charge is -2.14. The Hall–Kier alpha value is -3.80. The molecule has 2 amide bonds. The number of nitrogens with one attached hydrogen (secondary N) is 2. The van der Waals surface area contributed by atoms with Crippen LogP contribution in [-0.2, 0) is 11.8 Å². The SMILES string of the molecule is Cc1ccc([N+](=O)[O-])cc1NC(=O)CSc1nnc([C@H](C)NC(=O)c2ccccc2F)n1C. The second-order valence-electron chi connectivity index (χ2n) is 7.17. The summed E-state index contributed by atoms with van der Waals surface area (Å²) >= 11 is 1.12. The molecule has 0 radical (unpaired) electrons. The molecule has 1 atom stereocenters. The number of rotatable bonds is 8. The lowest BCUT2D eigenvalue weighted by Crippen LogP contribution is -2.29. The van der Waals surface area contributed by atoms with Crippen molar-refractivity contribution in [3.05, 3.63) is 75.3 Å². The number of carbonyl (C=O) groups is 2. The maximum absolute atomic E-state index is 13.8. The van der Waals surface area contributed by atoms with E-state index in [1.807, 2.05) is 0 Å². The number of nitro groups is 1. The monoisotopic (exact) mass is 472 g/mol. The number of hydrogen-bond acceptors (Lipinski definition) is 7. The van der Waals surface area contributed by atoms with E-state index in [2.05, 4.69) is 20.8 Å². The van der Waals surface area contributed by atoms with Crippen molar-refractivity contribution in [3.63, 3.8) is 0 Å². The second-order valence-corrected chi connectivity index (χ2v) is 8.11. The molecule has 0 aliphatic rings. The predicted octanol–water partition coefficient (Wildman–Crippen LogP) is 3.39. The first-order chi connectivity index (χ1) is 15.7. The van der Waals surface area contributed by atoms with Gasteiger partial charge in [-0.15, -0.1) is 10.2 Å². The highest BCUT2D eigenvalue weighted by molar-refractivity contribution is 7.99. The van der Waals surface area contributed by atoms with Crippen molar-refractivity contribution < 1.29 is 18.9 Å². The largest absolute Gasteiger partial charge is 0.342 e. The van der Waals surface area contributed by atoms with Gasteiger partial charge in [-0.05, 0) is 31.5 Å². The van der Waals surface area contributed by atoms with Crippen LogP contribution < -0.4 is 10.6 Å². The quantitative estimate of drug-likeness (QED) is 0.292. The van der Waals surface area contributed by atoms with Crippen LogP contribution in [0.1, 0.15) is 34.7 Å². The Bertz CT molecular complexity index is 1220. The second kappa shape index (κ2) is 10.2. The number of nitro benzene ring substituents is 1. The van der Waals surface area contributed by atoms with Gasteiger partial charge in [-0.1, -0.05) is 30.0 Å². The molecule has 10 nitrogen and oxygen atoms in total. The first kappa shape index (κ1) is 23.9. The third-order valence-electron chi connectivity index (χ3n) is 4.76. The fourth-order valence-electron chi connectivity index (χ4n) is 2.99. The van der Waals surface area contributed by atoms with Crippen LogP contribution in [0.5, 0.6) is 0 Å². The Balaban J connectivity index is 1.61. The topological polar surface area (TPSA) is 132 Å². The molecular formula is C21H21FN6O4S. The minimum atomic E-state index is -0.624. The summed E-state index contributed by atoms with van der Waals surface area (Å²) in [6.07, 6.45) is 0. The van der Waals surface area contributed by atoms with E-state index in [1.165, 1.54) is 30.3 Å². The van der Waals surface area contributed by atoms with E-state index in [1.54, 1.807) is 37.6 Å². The molecule has 0 saturated carbocycles. The summed E-state index contributed by atoms with van der Waals surface area (Å²) in [6, 6.07) is 9.33. The molecule has 0 saturated heterocycles. The highest BCUT2D eigenvalue weighted by Crippen LogP contribution is 2.23. The van der Waals surface area contributed by atoms with E-state index in [-0.39, 0.29) is 22.9 Å². The van der Waals surface area contributed by atoms with Gasteiger partial charge in [-0.2, -0.15) is 0 Å². The molecule has 0 bridgehead atoms.